The Bertz CT molecular complexity index is 1090. The monoisotopic (exact) mass is 507 g/mol. The number of aryl methyl sites for hydroxylation is 1. The van der Waals surface area contributed by atoms with E-state index in [1.54, 1.807) is 35.2 Å². The van der Waals surface area contributed by atoms with E-state index in [2.05, 4.69) is 10.6 Å². The van der Waals surface area contributed by atoms with Crippen LogP contribution in [0.1, 0.15) is 35.0 Å². The molecule has 11 heteroatoms. The molecule has 0 radical (unpaired) electrons. The predicted molar refractivity (Wildman–Crippen MR) is 130 cm³/mol. The van der Waals surface area contributed by atoms with Crippen molar-refractivity contribution in [1.82, 2.24) is 5.32 Å². The molecule has 182 valence electrons. The van der Waals surface area contributed by atoms with Gasteiger partial charge in [-0.15, -0.1) is 11.3 Å². The third-order valence-electron chi connectivity index (χ3n) is 5.38. The maximum atomic E-state index is 12.7. The highest BCUT2D eigenvalue weighted by molar-refractivity contribution is 7.18. The van der Waals surface area contributed by atoms with Gasteiger partial charge in [0.05, 0.1) is 21.7 Å². The molecule has 1 aromatic heterocycles. The van der Waals surface area contributed by atoms with Gasteiger partial charge in [-0.25, -0.2) is 0 Å². The zero-order valence-electron chi connectivity index (χ0n) is 18.8. The molecule has 9 nitrogen and oxygen atoms in total. The van der Waals surface area contributed by atoms with Gasteiger partial charge in [0.15, 0.2) is 0 Å². The largest absolute Gasteiger partial charge is 0.481 e. The number of hydrogen-bond donors (Lipinski definition) is 3. The third kappa shape index (κ3) is 6.78. The molecule has 1 aromatic carbocycles. The summed E-state index contributed by atoms with van der Waals surface area (Å²) in [7, 11) is 0. The van der Waals surface area contributed by atoms with E-state index in [-0.39, 0.29) is 31.3 Å². The standard InChI is InChI=1S/C23H26ClN3O6S/c1-13-9-15(3-4-17(13)27-7-8-33-12-21(27)29)25-20(28)11-16(10-14(2)23(31)32)26-22(30)18-5-6-19(24)34-18/h3-6,9,14,16H,7-8,10-12H2,1-2H3,(H,25,28)(H,26,30)(H,31,32)/t14?,16-/m1/s1. The Morgan fingerprint density at radius 3 is 2.65 bits per heavy atom. The number of hydrogen-bond acceptors (Lipinski definition) is 6. The number of carbonyl (C=O) groups excluding carboxylic acids is 3. The minimum absolute atomic E-state index is 0.0392. The number of rotatable bonds is 9. The minimum atomic E-state index is -1.01. The number of carboxylic acid groups (broad SMARTS) is 1. The maximum absolute atomic E-state index is 12.7. The molecule has 0 spiro atoms. The maximum Gasteiger partial charge on any atom is 0.306 e. The number of anilines is 2. The average Bonchev–Trinajstić information content (AvgIpc) is 3.21. The Kier molecular flexibility index (Phi) is 8.65. The van der Waals surface area contributed by atoms with Crippen molar-refractivity contribution in [2.24, 2.45) is 5.92 Å². The van der Waals surface area contributed by atoms with Crippen LogP contribution in [-0.2, 0) is 19.1 Å². The first kappa shape index (κ1) is 25.7. The van der Waals surface area contributed by atoms with Crippen LogP contribution in [0.2, 0.25) is 4.34 Å². The van der Waals surface area contributed by atoms with Crippen molar-refractivity contribution in [2.45, 2.75) is 32.7 Å². The van der Waals surface area contributed by atoms with E-state index in [4.69, 9.17) is 16.3 Å². The Morgan fingerprint density at radius 2 is 2.03 bits per heavy atom. The lowest BCUT2D eigenvalue weighted by Gasteiger charge is -2.28. The van der Waals surface area contributed by atoms with Crippen molar-refractivity contribution in [3.05, 3.63) is 45.1 Å². The Hall–Kier alpha value is -2.95. The Labute approximate surface area is 206 Å². The molecule has 34 heavy (non-hydrogen) atoms. The van der Waals surface area contributed by atoms with Gasteiger partial charge in [-0.3, -0.25) is 19.2 Å². The van der Waals surface area contributed by atoms with Gasteiger partial charge in [-0.2, -0.15) is 0 Å². The number of thiophene rings is 1. The fraction of sp³-hybridized carbons (Fsp3) is 0.391. The molecule has 1 fully saturated rings. The SMILES string of the molecule is Cc1cc(NC(=O)C[C@@H](CC(C)C(=O)O)NC(=O)c2ccc(Cl)s2)ccc1N1CCOCC1=O. The first-order valence-corrected chi connectivity index (χ1v) is 11.9. The van der Waals surface area contributed by atoms with E-state index in [1.165, 1.54) is 6.92 Å². The zero-order chi connectivity index (χ0) is 24.8. The Morgan fingerprint density at radius 1 is 1.26 bits per heavy atom. The van der Waals surface area contributed by atoms with Crippen molar-refractivity contribution < 1.29 is 29.0 Å². The molecule has 1 saturated heterocycles. The van der Waals surface area contributed by atoms with Crippen molar-refractivity contribution in [1.29, 1.82) is 0 Å². The number of carboxylic acids is 1. The summed E-state index contributed by atoms with van der Waals surface area (Å²) < 4.78 is 5.62. The molecular weight excluding hydrogens is 482 g/mol. The summed E-state index contributed by atoms with van der Waals surface area (Å²) in [6.07, 6.45) is -0.0179. The topological polar surface area (TPSA) is 125 Å². The van der Waals surface area contributed by atoms with Crippen molar-refractivity contribution in [3.8, 4) is 0 Å². The van der Waals surface area contributed by atoms with Gasteiger partial charge in [0.25, 0.3) is 11.8 Å². The lowest BCUT2D eigenvalue weighted by Crippen LogP contribution is -2.42. The van der Waals surface area contributed by atoms with Gasteiger partial charge in [0, 0.05) is 30.4 Å². The highest BCUT2D eigenvalue weighted by Crippen LogP contribution is 2.25. The molecule has 3 N–H and O–H groups in total. The van der Waals surface area contributed by atoms with E-state index in [1.807, 2.05) is 6.92 Å². The van der Waals surface area contributed by atoms with Crippen LogP contribution in [0, 0.1) is 12.8 Å². The smallest absolute Gasteiger partial charge is 0.306 e. The second-order valence-corrected chi connectivity index (χ2v) is 9.82. The quantitative estimate of drug-likeness (QED) is 0.478. The van der Waals surface area contributed by atoms with Crippen molar-refractivity contribution in [2.75, 3.05) is 30.0 Å². The van der Waals surface area contributed by atoms with Crippen LogP contribution < -0.4 is 15.5 Å². The molecule has 0 bridgehead atoms. The lowest BCUT2D eigenvalue weighted by molar-refractivity contribution is -0.141. The molecule has 1 aliphatic heterocycles. The summed E-state index contributed by atoms with van der Waals surface area (Å²) in [5.41, 5.74) is 2.10. The fourth-order valence-electron chi connectivity index (χ4n) is 3.66. The number of nitrogens with zero attached hydrogens (tertiary/aromatic N) is 1. The number of aliphatic carboxylic acids is 1. The average molecular weight is 508 g/mol. The third-order valence-corrected chi connectivity index (χ3v) is 6.61. The van der Waals surface area contributed by atoms with E-state index in [0.717, 1.165) is 22.6 Å². The molecule has 0 saturated carbocycles. The summed E-state index contributed by atoms with van der Waals surface area (Å²) in [6, 6.07) is 7.70. The second kappa shape index (κ2) is 11.5. The molecule has 1 aliphatic rings. The molecule has 3 rings (SSSR count). The highest BCUT2D eigenvalue weighted by Gasteiger charge is 2.25. The van der Waals surface area contributed by atoms with Crippen LogP contribution in [0.4, 0.5) is 11.4 Å². The normalized spacial score (nSPS) is 15.5. The van der Waals surface area contributed by atoms with Crippen molar-refractivity contribution >= 4 is 58.0 Å². The van der Waals surface area contributed by atoms with Gasteiger partial charge >= 0.3 is 5.97 Å². The second-order valence-electron chi connectivity index (χ2n) is 8.10. The molecule has 0 aliphatic carbocycles. The van der Waals surface area contributed by atoms with Gasteiger partial charge in [-0.05, 0) is 49.2 Å². The molecule has 3 amide bonds. The van der Waals surface area contributed by atoms with Crippen LogP contribution in [0.15, 0.2) is 30.3 Å². The van der Waals surface area contributed by atoms with Crippen molar-refractivity contribution in [3.63, 3.8) is 0 Å². The number of nitrogens with one attached hydrogen (secondary N) is 2. The van der Waals surface area contributed by atoms with E-state index in [0.29, 0.717) is 28.1 Å². The number of morpholine rings is 1. The lowest BCUT2D eigenvalue weighted by atomic mass is 9.99. The summed E-state index contributed by atoms with van der Waals surface area (Å²) >= 11 is 6.99. The number of amides is 3. The molecule has 2 heterocycles. The van der Waals surface area contributed by atoms with E-state index in [9.17, 15) is 24.3 Å². The van der Waals surface area contributed by atoms with Crippen LogP contribution in [0.5, 0.6) is 0 Å². The van der Waals surface area contributed by atoms with Gasteiger partial charge in [0.1, 0.15) is 6.61 Å². The van der Waals surface area contributed by atoms with Gasteiger partial charge in [-0.1, -0.05) is 18.5 Å². The number of ether oxygens (including phenoxy) is 1. The summed E-state index contributed by atoms with van der Waals surface area (Å²) in [4.78, 5) is 50.7. The fourth-order valence-corrected chi connectivity index (χ4v) is 4.60. The van der Waals surface area contributed by atoms with Crippen LogP contribution >= 0.6 is 22.9 Å². The van der Waals surface area contributed by atoms with Crippen LogP contribution in [-0.4, -0.2) is 54.6 Å². The Balaban J connectivity index is 1.67. The van der Waals surface area contributed by atoms with Gasteiger partial charge in [0.2, 0.25) is 5.91 Å². The van der Waals surface area contributed by atoms with Gasteiger partial charge < -0.3 is 25.4 Å². The number of benzene rings is 1. The van der Waals surface area contributed by atoms with E-state index >= 15 is 0 Å². The molecule has 2 atom stereocenters. The minimum Gasteiger partial charge on any atom is -0.481 e. The molecule has 2 aromatic rings. The summed E-state index contributed by atoms with van der Waals surface area (Å²) in [5, 5.41) is 14.8. The van der Waals surface area contributed by atoms with Crippen LogP contribution in [0.25, 0.3) is 0 Å². The summed E-state index contributed by atoms with van der Waals surface area (Å²) in [5.74, 6) is -2.67. The highest BCUT2D eigenvalue weighted by atomic mass is 35.5. The number of carbonyl (C=O) groups is 4. The molecular formula is C23H26ClN3O6S. The summed E-state index contributed by atoms with van der Waals surface area (Å²) in [6.45, 7) is 4.33. The first-order chi connectivity index (χ1) is 16.1. The van der Waals surface area contributed by atoms with Crippen LogP contribution in [0.3, 0.4) is 0 Å². The number of halogens is 1. The zero-order valence-corrected chi connectivity index (χ0v) is 20.4. The first-order valence-electron chi connectivity index (χ1n) is 10.7. The molecule has 1 unspecified atom stereocenters. The predicted octanol–water partition coefficient (Wildman–Crippen LogP) is 3.31. The van der Waals surface area contributed by atoms with E-state index < -0.39 is 23.8 Å².